The van der Waals surface area contributed by atoms with E-state index in [0.717, 1.165) is 6.54 Å². The highest BCUT2D eigenvalue weighted by Gasteiger charge is 2.21. The predicted molar refractivity (Wildman–Crippen MR) is 100 cm³/mol. The van der Waals surface area contributed by atoms with E-state index in [4.69, 9.17) is 0 Å². The summed E-state index contributed by atoms with van der Waals surface area (Å²) in [6, 6.07) is 7.10. The van der Waals surface area contributed by atoms with Crippen LogP contribution in [0.25, 0.3) is 0 Å². The number of rotatable bonds is 10. The third-order valence-electron chi connectivity index (χ3n) is 3.47. The van der Waals surface area contributed by atoms with Crippen LogP contribution in [0, 0.1) is 0 Å². The van der Waals surface area contributed by atoms with Gasteiger partial charge in [0.2, 0.25) is 5.91 Å². The number of hydrogen-bond acceptors (Lipinski definition) is 5. The summed E-state index contributed by atoms with van der Waals surface area (Å²) in [5, 5.41) is 5.77. The van der Waals surface area contributed by atoms with Gasteiger partial charge in [0.05, 0.1) is 15.9 Å². The van der Waals surface area contributed by atoms with Crippen molar-refractivity contribution in [3.05, 3.63) is 24.3 Å². The van der Waals surface area contributed by atoms with Crippen molar-refractivity contribution in [1.29, 1.82) is 0 Å². The van der Waals surface area contributed by atoms with Crippen molar-refractivity contribution in [3.63, 3.8) is 0 Å². The lowest BCUT2D eigenvalue weighted by molar-refractivity contribution is -0.120. The van der Waals surface area contributed by atoms with E-state index in [-0.39, 0.29) is 23.0 Å². The molecule has 5 nitrogen and oxygen atoms in total. The Morgan fingerprint density at radius 2 is 1.88 bits per heavy atom. The van der Waals surface area contributed by atoms with Crippen LogP contribution in [0.3, 0.4) is 0 Å². The molecule has 2 atom stereocenters. The lowest BCUT2D eigenvalue weighted by Gasteiger charge is -2.17. The van der Waals surface area contributed by atoms with Crippen molar-refractivity contribution in [2.45, 2.75) is 55.2 Å². The summed E-state index contributed by atoms with van der Waals surface area (Å²) in [5.74, 6) is 0.0261. The van der Waals surface area contributed by atoms with E-state index in [0.29, 0.717) is 22.8 Å². The van der Waals surface area contributed by atoms with Crippen molar-refractivity contribution < 1.29 is 13.2 Å². The van der Waals surface area contributed by atoms with Crippen LogP contribution >= 0.6 is 11.8 Å². The molecule has 0 aliphatic heterocycles. The topological polar surface area (TPSA) is 75.3 Å². The van der Waals surface area contributed by atoms with E-state index in [2.05, 4.69) is 10.6 Å². The highest BCUT2D eigenvalue weighted by atomic mass is 32.2. The van der Waals surface area contributed by atoms with Crippen molar-refractivity contribution in [1.82, 2.24) is 10.6 Å². The molecule has 0 aromatic heterocycles. The molecule has 7 heteroatoms. The Balaban J connectivity index is 2.77. The zero-order valence-corrected chi connectivity index (χ0v) is 16.5. The lowest BCUT2D eigenvalue weighted by Crippen LogP contribution is -2.41. The summed E-state index contributed by atoms with van der Waals surface area (Å²) < 4.78 is 24.7. The van der Waals surface area contributed by atoms with Crippen LogP contribution in [0.2, 0.25) is 0 Å². The van der Waals surface area contributed by atoms with Crippen LogP contribution in [0.15, 0.2) is 34.1 Å². The molecule has 0 aliphatic rings. The van der Waals surface area contributed by atoms with Crippen LogP contribution in [-0.2, 0) is 14.6 Å². The summed E-state index contributed by atoms with van der Waals surface area (Å²) in [7, 11) is -3.31. The highest BCUT2D eigenvalue weighted by Crippen LogP contribution is 2.30. The maximum atomic E-state index is 12.4. The first-order valence-electron chi connectivity index (χ1n) is 8.31. The first kappa shape index (κ1) is 21.0. The van der Waals surface area contributed by atoms with Gasteiger partial charge in [0.1, 0.15) is 0 Å². The number of hydrogen-bond donors (Lipinski definition) is 2. The Labute approximate surface area is 149 Å². The minimum Gasteiger partial charge on any atom is -0.354 e. The number of carbonyl (C=O) groups is 1. The summed E-state index contributed by atoms with van der Waals surface area (Å²) in [5.41, 5.74) is 0. The van der Waals surface area contributed by atoms with Crippen molar-refractivity contribution in [2.75, 3.05) is 18.8 Å². The van der Waals surface area contributed by atoms with Gasteiger partial charge >= 0.3 is 0 Å². The molecule has 0 saturated heterocycles. The third-order valence-corrected chi connectivity index (χ3v) is 6.74. The summed E-state index contributed by atoms with van der Waals surface area (Å²) in [4.78, 5) is 13.2. The van der Waals surface area contributed by atoms with E-state index >= 15 is 0 Å². The number of sulfone groups is 1. The molecular formula is C17H28N2O3S2. The minimum absolute atomic E-state index is 0.0903. The Morgan fingerprint density at radius 3 is 2.50 bits per heavy atom. The normalized spacial score (nSPS) is 14.2. The molecule has 0 aliphatic carbocycles. The quantitative estimate of drug-likeness (QED) is 0.617. The van der Waals surface area contributed by atoms with Crippen LogP contribution < -0.4 is 10.6 Å². The molecule has 1 aromatic carbocycles. The van der Waals surface area contributed by atoms with Gasteiger partial charge < -0.3 is 10.6 Å². The van der Waals surface area contributed by atoms with Gasteiger partial charge in [0.15, 0.2) is 9.84 Å². The second kappa shape index (κ2) is 10.1. The summed E-state index contributed by atoms with van der Waals surface area (Å²) in [6.45, 7) is 9.06. The molecule has 2 N–H and O–H groups in total. The number of likely N-dealkylation sites (N-methyl/N-ethyl adjacent to an activating group) is 1. The van der Waals surface area contributed by atoms with Gasteiger partial charge in [-0.05, 0) is 38.9 Å². The van der Waals surface area contributed by atoms with Gasteiger partial charge in [-0.1, -0.05) is 26.0 Å². The number of benzene rings is 1. The summed E-state index contributed by atoms with van der Waals surface area (Å²) in [6.07, 6.45) is 0.569. The lowest BCUT2D eigenvalue weighted by atomic mass is 10.3. The van der Waals surface area contributed by atoms with Crippen LogP contribution in [0.1, 0.15) is 34.1 Å². The van der Waals surface area contributed by atoms with Gasteiger partial charge in [0.25, 0.3) is 0 Å². The number of carbonyl (C=O) groups excluding carboxylic acids is 1. The number of nitrogens with one attached hydrogen (secondary N) is 2. The number of amides is 1. The van der Waals surface area contributed by atoms with Crippen LogP contribution in [0.5, 0.6) is 0 Å². The third kappa shape index (κ3) is 6.45. The predicted octanol–water partition coefficient (Wildman–Crippen LogP) is 2.47. The van der Waals surface area contributed by atoms with E-state index in [1.165, 1.54) is 11.8 Å². The SMILES string of the molecule is CCCS(=O)(=O)c1ccccc1SC(C)C(=O)NC[C@@H](C)NCC. The fraction of sp³-hybridized carbons (Fsp3) is 0.588. The second-order valence-electron chi connectivity index (χ2n) is 5.73. The van der Waals surface area contributed by atoms with Crippen molar-refractivity contribution >= 4 is 27.5 Å². The van der Waals surface area contributed by atoms with Gasteiger partial charge in [0, 0.05) is 17.5 Å². The standard InChI is InChI=1S/C17H28N2O3S2/c1-5-11-24(21,22)16-10-8-7-9-15(16)23-14(4)17(20)19-12-13(3)18-6-2/h7-10,13-14,18H,5-6,11-12H2,1-4H3,(H,19,20)/t13-,14?/m1/s1. The largest absolute Gasteiger partial charge is 0.354 e. The Morgan fingerprint density at radius 1 is 1.21 bits per heavy atom. The molecule has 0 spiro atoms. The highest BCUT2D eigenvalue weighted by molar-refractivity contribution is 8.01. The fourth-order valence-electron chi connectivity index (χ4n) is 2.25. The summed E-state index contributed by atoms with van der Waals surface area (Å²) >= 11 is 1.28. The molecule has 0 radical (unpaired) electrons. The van der Waals surface area contributed by atoms with E-state index < -0.39 is 9.84 Å². The molecule has 24 heavy (non-hydrogen) atoms. The zero-order valence-electron chi connectivity index (χ0n) is 14.8. The first-order chi connectivity index (χ1) is 11.3. The van der Waals surface area contributed by atoms with Gasteiger partial charge in [-0.25, -0.2) is 8.42 Å². The van der Waals surface area contributed by atoms with Crippen molar-refractivity contribution in [3.8, 4) is 0 Å². The minimum atomic E-state index is -3.31. The van der Waals surface area contributed by atoms with E-state index in [1.54, 1.807) is 31.2 Å². The molecule has 0 heterocycles. The molecular weight excluding hydrogens is 344 g/mol. The maximum Gasteiger partial charge on any atom is 0.233 e. The molecule has 0 saturated carbocycles. The first-order valence-corrected chi connectivity index (χ1v) is 10.8. The maximum absolute atomic E-state index is 12.4. The Hall–Kier alpha value is -1.05. The average Bonchev–Trinajstić information content (AvgIpc) is 2.53. The second-order valence-corrected chi connectivity index (χ2v) is 9.19. The molecule has 0 bridgehead atoms. The van der Waals surface area contributed by atoms with E-state index in [1.807, 2.05) is 20.8 Å². The van der Waals surface area contributed by atoms with Crippen molar-refractivity contribution in [2.24, 2.45) is 0 Å². The van der Waals surface area contributed by atoms with Gasteiger partial charge in [-0.3, -0.25) is 4.79 Å². The molecule has 1 unspecified atom stereocenters. The smallest absolute Gasteiger partial charge is 0.233 e. The van der Waals surface area contributed by atoms with E-state index in [9.17, 15) is 13.2 Å². The Bertz CT molecular complexity index is 632. The molecule has 1 amide bonds. The van der Waals surface area contributed by atoms with Gasteiger partial charge in [-0.2, -0.15) is 0 Å². The van der Waals surface area contributed by atoms with Crippen LogP contribution in [0.4, 0.5) is 0 Å². The van der Waals surface area contributed by atoms with Crippen LogP contribution in [-0.4, -0.2) is 44.5 Å². The average molecular weight is 373 g/mol. The Kier molecular flexibility index (Phi) is 8.80. The zero-order chi connectivity index (χ0) is 18.2. The molecule has 0 fully saturated rings. The monoisotopic (exact) mass is 372 g/mol. The fourth-order valence-corrected chi connectivity index (χ4v) is 5.10. The molecule has 1 aromatic rings. The number of thioether (sulfide) groups is 1. The molecule has 136 valence electrons. The molecule has 1 rings (SSSR count). The van der Waals surface area contributed by atoms with Gasteiger partial charge in [-0.15, -0.1) is 11.8 Å².